The molecule has 1 aliphatic rings. The minimum absolute atomic E-state index is 0.281. The largest absolute Gasteiger partial charge is 0.387 e. The van der Waals surface area contributed by atoms with E-state index in [-0.39, 0.29) is 5.41 Å². The molecule has 0 saturated carbocycles. The van der Waals surface area contributed by atoms with E-state index in [1.165, 1.54) is 11.1 Å². The molecule has 0 amide bonds. The first kappa shape index (κ1) is 14.5. The summed E-state index contributed by atoms with van der Waals surface area (Å²) in [5.41, 5.74) is 7.58. The maximum atomic E-state index is 10.8. The Morgan fingerprint density at radius 2 is 2.05 bits per heavy atom. The molecule has 2 rings (SSSR count). The van der Waals surface area contributed by atoms with Crippen molar-refractivity contribution in [3.63, 3.8) is 0 Å². The fourth-order valence-corrected chi connectivity index (χ4v) is 3.11. The Morgan fingerprint density at radius 1 is 1.37 bits per heavy atom. The number of hydrogen-bond acceptors (Lipinski definition) is 3. The number of rotatable bonds is 5. The Kier molecular flexibility index (Phi) is 4.29. The van der Waals surface area contributed by atoms with Crippen LogP contribution in [0.5, 0.6) is 0 Å². The third kappa shape index (κ3) is 2.69. The van der Waals surface area contributed by atoms with Gasteiger partial charge < -0.3 is 15.6 Å². The molecule has 0 heterocycles. The third-order valence-electron chi connectivity index (χ3n) is 4.64. The number of benzene rings is 1. The first-order valence-corrected chi connectivity index (χ1v) is 7.11. The van der Waals surface area contributed by atoms with Gasteiger partial charge >= 0.3 is 0 Å². The van der Waals surface area contributed by atoms with Gasteiger partial charge in [-0.25, -0.2) is 0 Å². The molecule has 2 atom stereocenters. The fraction of sp³-hybridized carbons (Fsp3) is 0.625. The first-order chi connectivity index (χ1) is 9.04. The molecule has 3 nitrogen and oxygen atoms in total. The Bertz CT molecular complexity index is 431. The van der Waals surface area contributed by atoms with Crippen LogP contribution in [0.3, 0.4) is 0 Å². The van der Waals surface area contributed by atoms with E-state index in [0.29, 0.717) is 19.8 Å². The van der Waals surface area contributed by atoms with E-state index < -0.39 is 5.60 Å². The average molecular weight is 263 g/mol. The molecule has 3 heteroatoms. The molecule has 0 aromatic heterocycles. The van der Waals surface area contributed by atoms with Gasteiger partial charge in [-0.05, 0) is 44.2 Å². The molecule has 0 saturated heterocycles. The summed E-state index contributed by atoms with van der Waals surface area (Å²) in [5, 5.41) is 10.8. The van der Waals surface area contributed by atoms with Crippen LogP contribution >= 0.6 is 0 Å². The van der Waals surface area contributed by atoms with Crippen molar-refractivity contribution in [3.8, 4) is 0 Å². The van der Waals surface area contributed by atoms with E-state index in [9.17, 15) is 5.11 Å². The summed E-state index contributed by atoms with van der Waals surface area (Å²) in [7, 11) is 0. The van der Waals surface area contributed by atoms with Crippen molar-refractivity contribution in [2.75, 3.05) is 19.8 Å². The Labute approximate surface area is 115 Å². The number of aryl methyl sites for hydroxylation is 1. The summed E-state index contributed by atoms with van der Waals surface area (Å²) in [4.78, 5) is 0. The quantitative estimate of drug-likeness (QED) is 0.853. The van der Waals surface area contributed by atoms with Gasteiger partial charge in [0.25, 0.3) is 0 Å². The predicted molar refractivity (Wildman–Crippen MR) is 77.1 cm³/mol. The smallest absolute Gasteiger partial charge is 0.0923 e. The Balaban J connectivity index is 2.26. The average Bonchev–Trinajstić information content (AvgIpc) is 2.44. The zero-order chi connectivity index (χ0) is 13.9. The van der Waals surface area contributed by atoms with Gasteiger partial charge in [0.2, 0.25) is 0 Å². The van der Waals surface area contributed by atoms with Crippen LogP contribution in [-0.2, 0) is 17.6 Å². The minimum atomic E-state index is -0.884. The van der Waals surface area contributed by atoms with Crippen LogP contribution < -0.4 is 5.73 Å². The topological polar surface area (TPSA) is 55.5 Å². The van der Waals surface area contributed by atoms with E-state index >= 15 is 0 Å². The summed E-state index contributed by atoms with van der Waals surface area (Å²) in [5.74, 6) is 0. The summed E-state index contributed by atoms with van der Waals surface area (Å²) in [6.07, 6.45) is 2.73. The minimum Gasteiger partial charge on any atom is -0.387 e. The maximum absolute atomic E-state index is 10.8. The van der Waals surface area contributed by atoms with Crippen molar-refractivity contribution in [1.82, 2.24) is 0 Å². The van der Waals surface area contributed by atoms with E-state index in [4.69, 9.17) is 10.5 Å². The number of fused-ring (bicyclic) bond motifs is 1. The van der Waals surface area contributed by atoms with Gasteiger partial charge in [-0.1, -0.05) is 24.3 Å². The van der Waals surface area contributed by atoms with Gasteiger partial charge in [-0.15, -0.1) is 0 Å². The van der Waals surface area contributed by atoms with Gasteiger partial charge in [0, 0.05) is 18.6 Å². The molecule has 0 spiro atoms. The van der Waals surface area contributed by atoms with Crippen molar-refractivity contribution in [1.29, 1.82) is 0 Å². The summed E-state index contributed by atoms with van der Waals surface area (Å²) in [6.45, 7) is 5.27. The van der Waals surface area contributed by atoms with Crippen LogP contribution in [0.2, 0.25) is 0 Å². The highest BCUT2D eigenvalue weighted by Crippen LogP contribution is 2.43. The highest BCUT2D eigenvalue weighted by atomic mass is 16.5. The zero-order valence-corrected chi connectivity index (χ0v) is 12.0. The number of aliphatic hydroxyl groups is 1. The second-order valence-corrected chi connectivity index (χ2v) is 5.84. The van der Waals surface area contributed by atoms with Crippen LogP contribution in [0.4, 0.5) is 0 Å². The van der Waals surface area contributed by atoms with Gasteiger partial charge in [0.05, 0.1) is 12.2 Å². The molecular weight excluding hydrogens is 238 g/mol. The Morgan fingerprint density at radius 3 is 2.68 bits per heavy atom. The van der Waals surface area contributed by atoms with Crippen LogP contribution in [0, 0.1) is 5.41 Å². The van der Waals surface area contributed by atoms with Gasteiger partial charge in [0.1, 0.15) is 0 Å². The van der Waals surface area contributed by atoms with Crippen LogP contribution in [-0.4, -0.2) is 30.5 Å². The van der Waals surface area contributed by atoms with Crippen LogP contribution in [0.15, 0.2) is 24.3 Å². The van der Waals surface area contributed by atoms with Crippen LogP contribution in [0.1, 0.15) is 31.4 Å². The SMILES string of the molecule is CCOCC(C)(O)C1(CN)CCc2ccccc2C1. The Hall–Kier alpha value is -0.900. The second kappa shape index (κ2) is 5.61. The summed E-state index contributed by atoms with van der Waals surface area (Å²) < 4.78 is 5.46. The molecular formula is C16H25NO2. The number of hydrogen-bond donors (Lipinski definition) is 2. The van der Waals surface area contributed by atoms with E-state index in [1.54, 1.807) is 0 Å². The van der Waals surface area contributed by atoms with Crippen LogP contribution in [0.25, 0.3) is 0 Å². The first-order valence-electron chi connectivity index (χ1n) is 7.11. The highest BCUT2D eigenvalue weighted by molar-refractivity contribution is 5.32. The van der Waals surface area contributed by atoms with Gasteiger partial charge in [0.15, 0.2) is 0 Å². The van der Waals surface area contributed by atoms with Crippen molar-refractivity contribution in [2.24, 2.45) is 11.1 Å². The second-order valence-electron chi connectivity index (χ2n) is 5.84. The van der Waals surface area contributed by atoms with E-state index in [2.05, 4.69) is 24.3 Å². The molecule has 1 aliphatic carbocycles. The molecule has 0 fully saturated rings. The molecule has 0 aliphatic heterocycles. The normalized spacial score (nSPS) is 25.7. The van der Waals surface area contributed by atoms with Crippen molar-refractivity contribution < 1.29 is 9.84 Å². The molecule has 2 unspecified atom stereocenters. The fourth-order valence-electron chi connectivity index (χ4n) is 3.11. The monoisotopic (exact) mass is 263 g/mol. The molecule has 1 aromatic rings. The number of ether oxygens (including phenoxy) is 1. The van der Waals surface area contributed by atoms with Crippen molar-refractivity contribution in [2.45, 2.75) is 38.7 Å². The lowest BCUT2D eigenvalue weighted by atomic mass is 9.62. The summed E-state index contributed by atoms with van der Waals surface area (Å²) >= 11 is 0. The lowest BCUT2D eigenvalue weighted by molar-refractivity contribution is -0.121. The highest BCUT2D eigenvalue weighted by Gasteiger charge is 2.47. The molecule has 0 radical (unpaired) electrons. The standard InChI is InChI=1S/C16H25NO2/c1-3-19-12-15(2,18)16(11-17)9-8-13-6-4-5-7-14(13)10-16/h4-7,18H,3,8-12,17H2,1-2H3. The van der Waals surface area contributed by atoms with Gasteiger partial charge in [-0.3, -0.25) is 0 Å². The summed E-state index contributed by atoms with van der Waals surface area (Å²) in [6, 6.07) is 8.46. The molecule has 106 valence electrons. The lowest BCUT2D eigenvalue weighted by Gasteiger charge is -2.47. The number of nitrogens with two attached hydrogens (primary N) is 1. The third-order valence-corrected chi connectivity index (χ3v) is 4.64. The predicted octanol–water partition coefficient (Wildman–Crippen LogP) is 1.91. The van der Waals surface area contributed by atoms with Crippen molar-refractivity contribution >= 4 is 0 Å². The van der Waals surface area contributed by atoms with E-state index in [0.717, 1.165) is 19.3 Å². The lowest BCUT2D eigenvalue weighted by Crippen LogP contribution is -2.56. The molecule has 19 heavy (non-hydrogen) atoms. The molecule has 0 bridgehead atoms. The van der Waals surface area contributed by atoms with E-state index in [1.807, 2.05) is 13.8 Å². The van der Waals surface area contributed by atoms with Gasteiger partial charge in [-0.2, -0.15) is 0 Å². The zero-order valence-electron chi connectivity index (χ0n) is 12.0. The molecule has 3 N–H and O–H groups in total. The maximum Gasteiger partial charge on any atom is 0.0923 e. The van der Waals surface area contributed by atoms with Crippen molar-refractivity contribution in [3.05, 3.63) is 35.4 Å². The molecule has 1 aromatic carbocycles.